The number of pyridine rings is 1. The van der Waals surface area contributed by atoms with Gasteiger partial charge in [-0.25, -0.2) is 19.3 Å². The third-order valence-corrected chi connectivity index (χ3v) is 7.08. The Kier molecular flexibility index (Phi) is 5.85. The lowest BCUT2D eigenvalue weighted by atomic mass is 9.77. The SMILES string of the molecule is C[C@@H]1CCCN1C(=O)C[C@@H]1CCCC(Cc2nc(-c3[nH]nc4ncccc34)ncc2F)C1. The molecule has 5 rings (SSSR count). The highest BCUT2D eigenvalue weighted by atomic mass is 19.1. The number of fused-ring (bicyclic) bond motifs is 1. The fourth-order valence-electron chi connectivity index (χ4n) is 5.40. The van der Waals surface area contributed by atoms with Crippen LogP contribution < -0.4 is 0 Å². The number of rotatable bonds is 5. The molecule has 0 radical (unpaired) electrons. The number of hydrogen-bond acceptors (Lipinski definition) is 5. The lowest BCUT2D eigenvalue weighted by Gasteiger charge is -2.31. The first-order valence-electron chi connectivity index (χ1n) is 11.7. The van der Waals surface area contributed by atoms with Gasteiger partial charge in [0.2, 0.25) is 5.91 Å². The third kappa shape index (κ3) is 4.23. The van der Waals surface area contributed by atoms with Crippen molar-refractivity contribution in [3.05, 3.63) is 36.0 Å². The summed E-state index contributed by atoms with van der Waals surface area (Å²) in [4.78, 5) is 27.8. The molecule has 2 aliphatic rings. The number of aromatic amines is 1. The molecule has 1 aliphatic carbocycles. The molecule has 0 spiro atoms. The van der Waals surface area contributed by atoms with Crippen molar-refractivity contribution in [3.63, 3.8) is 0 Å². The van der Waals surface area contributed by atoms with E-state index in [1.54, 1.807) is 6.20 Å². The molecular formula is C24H29FN6O. The highest BCUT2D eigenvalue weighted by molar-refractivity contribution is 5.88. The van der Waals surface area contributed by atoms with E-state index in [0.717, 1.165) is 50.5 Å². The lowest BCUT2D eigenvalue weighted by molar-refractivity contribution is -0.133. The molecule has 1 amide bonds. The molecule has 1 saturated carbocycles. The van der Waals surface area contributed by atoms with Crippen LogP contribution in [0.3, 0.4) is 0 Å². The van der Waals surface area contributed by atoms with Crippen LogP contribution in [0.15, 0.2) is 24.5 Å². The number of nitrogens with one attached hydrogen (secondary N) is 1. The maximum absolute atomic E-state index is 14.6. The Morgan fingerprint density at radius 3 is 2.94 bits per heavy atom. The fraction of sp³-hybridized carbons (Fsp3) is 0.542. The zero-order chi connectivity index (χ0) is 22.1. The van der Waals surface area contributed by atoms with Gasteiger partial charge in [-0.15, -0.1) is 0 Å². The van der Waals surface area contributed by atoms with Gasteiger partial charge in [-0.2, -0.15) is 5.10 Å². The van der Waals surface area contributed by atoms with E-state index in [4.69, 9.17) is 0 Å². The predicted octanol–water partition coefficient (Wildman–Crippen LogP) is 4.30. The van der Waals surface area contributed by atoms with E-state index in [0.29, 0.717) is 53.6 Å². The van der Waals surface area contributed by atoms with Crippen LogP contribution in [0.5, 0.6) is 0 Å². The monoisotopic (exact) mass is 436 g/mol. The molecule has 3 aromatic heterocycles. The van der Waals surface area contributed by atoms with Gasteiger partial charge in [-0.1, -0.05) is 12.8 Å². The zero-order valence-corrected chi connectivity index (χ0v) is 18.4. The van der Waals surface area contributed by atoms with Gasteiger partial charge in [0.1, 0.15) is 5.69 Å². The van der Waals surface area contributed by atoms with Crippen LogP contribution in [-0.4, -0.2) is 48.5 Å². The standard InChI is InChI=1S/C24H29FN6O/c1-15-5-4-10-31(15)21(32)13-17-7-2-6-16(11-17)12-20-19(25)14-27-24(28-20)22-18-8-3-9-26-23(18)30-29-22/h3,8-9,14-17H,2,4-7,10-13H2,1H3,(H,26,29,30)/t15-,16?,17-/m1/s1. The molecule has 2 fully saturated rings. The number of H-pyrrole nitrogens is 1. The second-order valence-electron chi connectivity index (χ2n) is 9.35. The minimum Gasteiger partial charge on any atom is -0.340 e. The van der Waals surface area contributed by atoms with Gasteiger partial charge < -0.3 is 4.90 Å². The van der Waals surface area contributed by atoms with Gasteiger partial charge in [-0.3, -0.25) is 9.89 Å². The smallest absolute Gasteiger partial charge is 0.223 e. The van der Waals surface area contributed by atoms with Gasteiger partial charge in [0.25, 0.3) is 0 Å². The summed E-state index contributed by atoms with van der Waals surface area (Å²) in [6.45, 7) is 3.03. The first-order chi connectivity index (χ1) is 15.6. The maximum atomic E-state index is 14.6. The minimum absolute atomic E-state index is 0.288. The zero-order valence-electron chi connectivity index (χ0n) is 18.4. The summed E-state index contributed by atoms with van der Waals surface area (Å²) < 4.78 is 14.6. The van der Waals surface area contributed by atoms with Crippen LogP contribution >= 0.6 is 0 Å². The number of halogens is 1. The lowest BCUT2D eigenvalue weighted by Crippen LogP contribution is -2.35. The predicted molar refractivity (Wildman–Crippen MR) is 119 cm³/mol. The average Bonchev–Trinajstić information content (AvgIpc) is 3.42. The molecule has 3 aromatic rings. The molecule has 7 nitrogen and oxygen atoms in total. The second-order valence-corrected chi connectivity index (χ2v) is 9.35. The van der Waals surface area contributed by atoms with E-state index >= 15 is 0 Å². The number of likely N-dealkylation sites (tertiary alicyclic amines) is 1. The summed E-state index contributed by atoms with van der Waals surface area (Å²) in [5.41, 5.74) is 1.68. The van der Waals surface area contributed by atoms with E-state index in [1.807, 2.05) is 17.0 Å². The van der Waals surface area contributed by atoms with Crippen molar-refractivity contribution >= 4 is 16.9 Å². The quantitative estimate of drug-likeness (QED) is 0.644. The van der Waals surface area contributed by atoms with Crippen molar-refractivity contribution in [2.45, 2.75) is 64.3 Å². The third-order valence-electron chi connectivity index (χ3n) is 7.08. The number of hydrogen-bond donors (Lipinski definition) is 1. The van der Waals surface area contributed by atoms with Crippen LogP contribution in [0.4, 0.5) is 4.39 Å². The van der Waals surface area contributed by atoms with Gasteiger partial charge in [0.05, 0.1) is 11.9 Å². The highest BCUT2D eigenvalue weighted by Gasteiger charge is 2.30. The van der Waals surface area contributed by atoms with Crippen LogP contribution in [-0.2, 0) is 11.2 Å². The van der Waals surface area contributed by atoms with E-state index in [-0.39, 0.29) is 11.7 Å². The Bertz CT molecular complexity index is 1110. The Morgan fingerprint density at radius 2 is 2.09 bits per heavy atom. The first kappa shape index (κ1) is 21.0. The van der Waals surface area contributed by atoms with Crippen molar-refractivity contribution in [1.82, 2.24) is 30.0 Å². The number of carbonyl (C=O) groups is 1. The van der Waals surface area contributed by atoms with Gasteiger partial charge >= 0.3 is 0 Å². The molecule has 32 heavy (non-hydrogen) atoms. The Labute approximate surface area is 186 Å². The molecule has 1 N–H and O–H groups in total. The summed E-state index contributed by atoms with van der Waals surface area (Å²) in [6, 6.07) is 4.10. The van der Waals surface area contributed by atoms with Crippen molar-refractivity contribution in [2.75, 3.05) is 6.54 Å². The molecule has 1 saturated heterocycles. The molecule has 168 valence electrons. The van der Waals surface area contributed by atoms with Crippen LogP contribution in [0.25, 0.3) is 22.6 Å². The molecule has 3 atom stereocenters. The normalized spacial score (nSPS) is 23.7. The molecule has 1 aliphatic heterocycles. The van der Waals surface area contributed by atoms with Gasteiger partial charge in [-0.05, 0) is 63.0 Å². The summed E-state index contributed by atoms with van der Waals surface area (Å²) in [5, 5.41) is 7.95. The van der Waals surface area contributed by atoms with Crippen molar-refractivity contribution in [3.8, 4) is 11.5 Å². The Balaban J connectivity index is 1.28. The van der Waals surface area contributed by atoms with E-state index < -0.39 is 0 Å². The molecule has 0 aromatic carbocycles. The van der Waals surface area contributed by atoms with E-state index in [2.05, 4.69) is 32.1 Å². The van der Waals surface area contributed by atoms with Crippen LogP contribution in [0.2, 0.25) is 0 Å². The number of carbonyl (C=O) groups excluding carboxylic acids is 1. The molecular weight excluding hydrogens is 407 g/mol. The van der Waals surface area contributed by atoms with Crippen molar-refractivity contribution < 1.29 is 9.18 Å². The largest absolute Gasteiger partial charge is 0.340 e. The van der Waals surface area contributed by atoms with Crippen LogP contribution in [0, 0.1) is 17.7 Å². The Morgan fingerprint density at radius 1 is 1.22 bits per heavy atom. The minimum atomic E-state index is -0.375. The summed E-state index contributed by atoms with van der Waals surface area (Å²) >= 11 is 0. The van der Waals surface area contributed by atoms with E-state index in [1.165, 1.54) is 6.20 Å². The summed E-state index contributed by atoms with van der Waals surface area (Å²) in [5.74, 6) is 1.05. The maximum Gasteiger partial charge on any atom is 0.223 e. The molecule has 4 heterocycles. The number of aromatic nitrogens is 5. The first-order valence-corrected chi connectivity index (χ1v) is 11.7. The summed E-state index contributed by atoms with van der Waals surface area (Å²) in [7, 11) is 0. The fourth-order valence-corrected chi connectivity index (χ4v) is 5.40. The molecule has 8 heteroatoms. The second kappa shape index (κ2) is 8.92. The van der Waals surface area contributed by atoms with Crippen molar-refractivity contribution in [2.24, 2.45) is 11.8 Å². The van der Waals surface area contributed by atoms with E-state index in [9.17, 15) is 9.18 Å². The average molecular weight is 437 g/mol. The number of amides is 1. The van der Waals surface area contributed by atoms with Gasteiger partial charge in [0.15, 0.2) is 17.3 Å². The van der Waals surface area contributed by atoms with Crippen molar-refractivity contribution in [1.29, 1.82) is 0 Å². The summed E-state index contributed by atoms with van der Waals surface area (Å²) in [6.07, 6.45) is 10.5. The Hall–Kier alpha value is -2.90. The van der Waals surface area contributed by atoms with Gasteiger partial charge in [0, 0.05) is 30.6 Å². The molecule has 1 unspecified atom stereocenters. The highest BCUT2D eigenvalue weighted by Crippen LogP contribution is 2.34. The number of nitrogens with zero attached hydrogens (tertiary/aromatic N) is 5. The van der Waals surface area contributed by atoms with Crippen LogP contribution in [0.1, 0.15) is 57.6 Å². The molecule has 0 bridgehead atoms. The topological polar surface area (TPSA) is 87.7 Å².